The Hall–Kier alpha value is -1.84. The zero-order chi connectivity index (χ0) is 23.2. The number of carbonyl (C=O) groups is 2. The van der Waals surface area contributed by atoms with Crippen LogP contribution in [0.1, 0.15) is 24.0 Å². The monoisotopic (exact) mass is 487 g/mol. The Kier molecular flexibility index (Phi) is 8.49. The van der Waals surface area contributed by atoms with Gasteiger partial charge in [-0.3, -0.25) is 14.5 Å². The first-order valence-corrected chi connectivity index (χ1v) is 13.2. The van der Waals surface area contributed by atoms with Gasteiger partial charge in [-0.25, -0.2) is 0 Å². The van der Waals surface area contributed by atoms with Gasteiger partial charge in [0.1, 0.15) is 12.2 Å². The molecule has 2 aromatic rings. The fraction of sp³-hybridized carbons (Fsp3) is 0.440. The van der Waals surface area contributed by atoms with Gasteiger partial charge in [-0.15, -0.1) is 23.5 Å². The van der Waals surface area contributed by atoms with Crippen molar-refractivity contribution < 1.29 is 24.5 Å². The zero-order valence-corrected chi connectivity index (χ0v) is 19.9. The second-order valence-corrected chi connectivity index (χ2v) is 11.2. The molecule has 0 bridgehead atoms. The molecule has 176 valence electrons. The van der Waals surface area contributed by atoms with Crippen molar-refractivity contribution in [1.29, 1.82) is 0 Å². The number of imide groups is 1. The van der Waals surface area contributed by atoms with Gasteiger partial charge in [-0.2, -0.15) is 0 Å². The minimum atomic E-state index is -1.13. The number of amides is 2. The number of likely N-dealkylation sites (tertiary alicyclic amines) is 1. The molecule has 4 rings (SSSR count). The van der Waals surface area contributed by atoms with Crippen molar-refractivity contribution in [2.75, 3.05) is 11.5 Å². The van der Waals surface area contributed by atoms with Crippen molar-refractivity contribution >= 4 is 35.3 Å². The van der Waals surface area contributed by atoms with Gasteiger partial charge in [-0.05, 0) is 11.1 Å². The molecule has 33 heavy (non-hydrogen) atoms. The molecule has 0 aromatic heterocycles. The molecule has 2 aliphatic rings. The summed E-state index contributed by atoms with van der Waals surface area (Å²) in [7, 11) is 0. The van der Waals surface area contributed by atoms with Crippen LogP contribution in [0, 0.1) is 5.92 Å². The van der Waals surface area contributed by atoms with Gasteiger partial charge in [0.05, 0.1) is 23.8 Å². The third kappa shape index (κ3) is 6.19. The SMILES string of the molecule is O=C1CC([C@@H](O)[C@H](OCc2ccccc2)[C@@H](O)C2SCCS2)CC(=O)N1Cc1ccccc1. The molecule has 8 heteroatoms. The topological polar surface area (TPSA) is 87.1 Å². The second kappa shape index (κ2) is 11.5. The summed E-state index contributed by atoms with van der Waals surface area (Å²) >= 11 is 3.29. The van der Waals surface area contributed by atoms with Crippen molar-refractivity contribution in [2.24, 2.45) is 5.92 Å². The Balaban J connectivity index is 1.45. The summed E-state index contributed by atoms with van der Waals surface area (Å²) in [6, 6.07) is 18.9. The average Bonchev–Trinajstić information content (AvgIpc) is 3.37. The minimum Gasteiger partial charge on any atom is -0.390 e. The number of hydrogen-bond acceptors (Lipinski definition) is 7. The molecule has 3 atom stereocenters. The van der Waals surface area contributed by atoms with E-state index >= 15 is 0 Å². The van der Waals surface area contributed by atoms with Gasteiger partial charge in [-0.1, -0.05) is 60.7 Å². The number of hydrogen-bond donors (Lipinski definition) is 2. The first-order chi connectivity index (χ1) is 16.0. The standard InChI is InChI=1S/C25H29NO5S2/c27-20-13-19(14-21(28)26(20)15-17-7-3-1-4-8-17)22(29)24(23(30)25-32-11-12-33-25)31-16-18-9-5-2-6-10-18/h1-10,19,22-25,29-30H,11-16H2/t22-,23-,24+/m1/s1. The molecule has 2 aliphatic heterocycles. The third-order valence-electron chi connectivity index (χ3n) is 6.03. The lowest BCUT2D eigenvalue weighted by atomic mass is 9.86. The first-order valence-electron chi connectivity index (χ1n) is 11.1. The van der Waals surface area contributed by atoms with Crippen molar-refractivity contribution in [2.45, 2.75) is 48.9 Å². The molecule has 0 saturated carbocycles. The lowest BCUT2D eigenvalue weighted by molar-refractivity contribution is -0.159. The lowest BCUT2D eigenvalue weighted by Gasteiger charge is -2.37. The van der Waals surface area contributed by atoms with Crippen LogP contribution >= 0.6 is 23.5 Å². The van der Waals surface area contributed by atoms with Crippen LogP contribution in [-0.2, 0) is 27.5 Å². The fourth-order valence-corrected chi connectivity index (χ4v) is 7.13. The number of ether oxygens (including phenoxy) is 1. The summed E-state index contributed by atoms with van der Waals surface area (Å²) in [4.78, 5) is 26.9. The number of aliphatic hydroxyl groups is 2. The average molecular weight is 488 g/mol. The van der Waals surface area contributed by atoms with E-state index in [1.54, 1.807) is 23.5 Å². The number of piperidine rings is 1. The number of nitrogens with zero attached hydrogens (tertiary/aromatic N) is 1. The van der Waals surface area contributed by atoms with E-state index < -0.39 is 24.2 Å². The highest BCUT2D eigenvalue weighted by atomic mass is 32.2. The molecule has 2 heterocycles. The molecule has 2 amide bonds. The lowest BCUT2D eigenvalue weighted by Crippen LogP contribution is -2.52. The quantitative estimate of drug-likeness (QED) is 0.526. The van der Waals surface area contributed by atoms with E-state index in [-0.39, 0.29) is 42.4 Å². The van der Waals surface area contributed by atoms with E-state index in [1.165, 1.54) is 4.90 Å². The molecule has 2 fully saturated rings. The van der Waals surface area contributed by atoms with Crippen LogP contribution in [0.5, 0.6) is 0 Å². The highest BCUT2D eigenvalue weighted by Crippen LogP contribution is 2.38. The van der Waals surface area contributed by atoms with Crippen molar-refractivity contribution in [3.05, 3.63) is 71.8 Å². The summed E-state index contributed by atoms with van der Waals surface area (Å²) in [5, 5.41) is 22.3. The summed E-state index contributed by atoms with van der Waals surface area (Å²) in [6.45, 7) is 0.462. The van der Waals surface area contributed by atoms with Crippen LogP contribution in [0.25, 0.3) is 0 Å². The highest BCUT2D eigenvalue weighted by Gasteiger charge is 2.43. The summed E-state index contributed by atoms with van der Waals surface area (Å²) in [5.74, 6) is 0.662. The van der Waals surface area contributed by atoms with E-state index in [1.807, 2.05) is 60.7 Å². The van der Waals surface area contributed by atoms with Crippen LogP contribution in [0.15, 0.2) is 60.7 Å². The Labute approximate surface area is 202 Å². The molecule has 6 nitrogen and oxygen atoms in total. The smallest absolute Gasteiger partial charge is 0.229 e. The van der Waals surface area contributed by atoms with E-state index in [0.29, 0.717) is 0 Å². The van der Waals surface area contributed by atoms with E-state index in [4.69, 9.17) is 4.74 Å². The number of rotatable bonds is 9. The number of thioether (sulfide) groups is 2. The van der Waals surface area contributed by atoms with Gasteiger partial charge in [0.25, 0.3) is 0 Å². The predicted octanol–water partition coefficient (Wildman–Crippen LogP) is 3.07. The van der Waals surface area contributed by atoms with Crippen LogP contribution in [0.4, 0.5) is 0 Å². The van der Waals surface area contributed by atoms with E-state index in [9.17, 15) is 19.8 Å². The van der Waals surface area contributed by atoms with Gasteiger partial charge < -0.3 is 14.9 Å². The number of aliphatic hydroxyl groups excluding tert-OH is 2. The molecule has 2 saturated heterocycles. The first kappa shape index (κ1) is 24.3. The van der Waals surface area contributed by atoms with Crippen molar-refractivity contribution in [3.63, 3.8) is 0 Å². The van der Waals surface area contributed by atoms with Gasteiger partial charge >= 0.3 is 0 Å². The molecule has 2 N–H and O–H groups in total. The van der Waals surface area contributed by atoms with Gasteiger partial charge in [0.2, 0.25) is 11.8 Å². The molecule has 0 aliphatic carbocycles. The van der Waals surface area contributed by atoms with Crippen LogP contribution in [-0.4, -0.2) is 61.3 Å². The van der Waals surface area contributed by atoms with Crippen LogP contribution < -0.4 is 0 Å². The second-order valence-electron chi connectivity index (χ2n) is 8.38. The maximum atomic E-state index is 12.8. The zero-order valence-electron chi connectivity index (χ0n) is 18.3. The Morgan fingerprint density at radius 2 is 1.39 bits per heavy atom. The minimum absolute atomic E-state index is 0.0443. The van der Waals surface area contributed by atoms with Crippen molar-refractivity contribution in [3.8, 4) is 0 Å². The molecule has 0 radical (unpaired) electrons. The molecular weight excluding hydrogens is 458 g/mol. The normalized spacial score (nSPS) is 20.7. The highest BCUT2D eigenvalue weighted by molar-refractivity contribution is 8.20. The summed E-state index contributed by atoms with van der Waals surface area (Å²) < 4.78 is 5.94. The van der Waals surface area contributed by atoms with E-state index in [0.717, 1.165) is 22.6 Å². The summed E-state index contributed by atoms with van der Waals surface area (Å²) in [5.41, 5.74) is 1.81. The largest absolute Gasteiger partial charge is 0.390 e. The predicted molar refractivity (Wildman–Crippen MR) is 130 cm³/mol. The molecule has 0 unspecified atom stereocenters. The third-order valence-corrected chi connectivity index (χ3v) is 9.20. The molecule has 2 aromatic carbocycles. The fourth-order valence-electron chi connectivity index (χ4n) is 4.23. The Bertz CT molecular complexity index is 905. The van der Waals surface area contributed by atoms with Crippen LogP contribution in [0.3, 0.4) is 0 Å². The number of benzene rings is 2. The van der Waals surface area contributed by atoms with Gasteiger partial charge in [0.15, 0.2) is 0 Å². The van der Waals surface area contributed by atoms with E-state index in [2.05, 4.69) is 0 Å². The maximum Gasteiger partial charge on any atom is 0.229 e. The Morgan fingerprint density at radius 1 is 0.848 bits per heavy atom. The Morgan fingerprint density at radius 3 is 1.97 bits per heavy atom. The maximum absolute atomic E-state index is 12.8. The molecular formula is C25H29NO5S2. The van der Waals surface area contributed by atoms with Crippen LogP contribution in [0.2, 0.25) is 0 Å². The molecule has 0 spiro atoms. The van der Waals surface area contributed by atoms with Crippen molar-refractivity contribution in [1.82, 2.24) is 4.90 Å². The number of carbonyl (C=O) groups excluding carboxylic acids is 2. The summed E-state index contributed by atoms with van der Waals surface area (Å²) in [6.07, 6.45) is -2.84. The van der Waals surface area contributed by atoms with Gasteiger partial charge in [0, 0.05) is 30.3 Å².